The molecule has 3 rings (SSSR count). The van der Waals surface area contributed by atoms with Crippen LogP contribution in [0.2, 0.25) is 5.02 Å². The zero-order valence-electron chi connectivity index (χ0n) is 17.4. The van der Waals surface area contributed by atoms with Crippen LogP contribution in [-0.2, 0) is 4.84 Å². The van der Waals surface area contributed by atoms with E-state index in [0.29, 0.717) is 27.5 Å². The maximum atomic E-state index is 12.8. The maximum Gasteiger partial charge on any atom is 0.368 e. The first-order valence-corrected chi connectivity index (χ1v) is 10.4. The first-order chi connectivity index (χ1) is 14.9. The fourth-order valence-electron chi connectivity index (χ4n) is 2.71. The molecule has 7 nitrogen and oxygen atoms in total. The van der Waals surface area contributed by atoms with E-state index in [1.54, 1.807) is 31.2 Å². The number of ether oxygens (including phenoxy) is 2. The molecule has 0 bridgehead atoms. The second-order valence-corrected chi connectivity index (χ2v) is 7.74. The molecule has 0 aliphatic heterocycles. The molecule has 9 heteroatoms. The van der Waals surface area contributed by atoms with Crippen LogP contribution in [0.3, 0.4) is 0 Å². The molecule has 0 amide bonds. The van der Waals surface area contributed by atoms with Crippen LogP contribution in [0.25, 0.3) is 0 Å². The smallest absolute Gasteiger partial charge is 0.368 e. The van der Waals surface area contributed by atoms with Crippen LogP contribution in [0.5, 0.6) is 11.8 Å². The average Bonchev–Trinajstić information content (AvgIpc) is 2.77. The van der Waals surface area contributed by atoms with Crippen molar-refractivity contribution in [2.75, 3.05) is 14.2 Å². The summed E-state index contributed by atoms with van der Waals surface area (Å²) in [5, 5.41) is 4.56. The van der Waals surface area contributed by atoms with Crippen molar-refractivity contribution in [1.29, 1.82) is 0 Å². The Morgan fingerprint density at radius 3 is 2.35 bits per heavy atom. The van der Waals surface area contributed by atoms with Gasteiger partial charge in [-0.25, -0.2) is 4.79 Å². The molecule has 160 valence electrons. The summed E-state index contributed by atoms with van der Waals surface area (Å²) in [6.45, 7) is 3.73. The number of methoxy groups -OCH3 is 2. The molecule has 0 aliphatic carbocycles. The summed E-state index contributed by atoms with van der Waals surface area (Å²) < 4.78 is 10.3. The molecular formula is C22H20ClN3O4S. The zero-order chi connectivity index (χ0) is 22.4. The molecule has 0 atom stereocenters. The molecule has 0 fully saturated rings. The largest absolute Gasteiger partial charge is 0.481 e. The Morgan fingerprint density at radius 2 is 1.71 bits per heavy atom. The number of aryl methyl sites for hydroxylation is 1. The highest BCUT2D eigenvalue weighted by molar-refractivity contribution is 7.99. The monoisotopic (exact) mass is 457 g/mol. The van der Waals surface area contributed by atoms with Gasteiger partial charge in [0.25, 0.3) is 0 Å². The molecule has 1 aromatic heterocycles. The number of benzene rings is 2. The van der Waals surface area contributed by atoms with Crippen molar-refractivity contribution in [2.45, 2.75) is 23.9 Å². The number of aromatic nitrogens is 2. The normalized spacial score (nSPS) is 11.2. The number of nitrogens with zero attached hydrogens (tertiary/aromatic N) is 3. The lowest BCUT2D eigenvalue weighted by atomic mass is 10.1. The topological polar surface area (TPSA) is 82.9 Å². The predicted octanol–water partition coefficient (Wildman–Crippen LogP) is 5.19. The first kappa shape index (κ1) is 22.6. The van der Waals surface area contributed by atoms with E-state index in [4.69, 9.17) is 25.9 Å². The molecule has 2 aromatic carbocycles. The summed E-state index contributed by atoms with van der Waals surface area (Å²) in [6, 6.07) is 14.3. The van der Waals surface area contributed by atoms with Gasteiger partial charge >= 0.3 is 5.97 Å². The van der Waals surface area contributed by atoms with Crippen molar-refractivity contribution >= 4 is 35.0 Å². The summed E-state index contributed by atoms with van der Waals surface area (Å²) >= 11 is 7.45. The van der Waals surface area contributed by atoms with E-state index in [2.05, 4.69) is 15.1 Å². The van der Waals surface area contributed by atoms with Crippen LogP contribution in [-0.4, -0.2) is 35.9 Å². The summed E-state index contributed by atoms with van der Waals surface area (Å²) in [4.78, 5) is 27.1. The first-order valence-electron chi connectivity index (χ1n) is 9.18. The minimum absolute atomic E-state index is 0.167. The highest BCUT2D eigenvalue weighted by atomic mass is 35.5. The molecule has 0 unspecified atom stereocenters. The summed E-state index contributed by atoms with van der Waals surface area (Å²) in [5.41, 5.74) is 2.66. The third kappa shape index (κ3) is 5.53. The van der Waals surface area contributed by atoms with Crippen molar-refractivity contribution in [1.82, 2.24) is 9.97 Å². The van der Waals surface area contributed by atoms with E-state index in [-0.39, 0.29) is 10.6 Å². The Balaban J connectivity index is 1.88. The summed E-state index contributed by atoms with van der Waals surface area (Å²) in [6.07, 6.45) is 0. The lowest BCUT2D eigenvalue weighted by Crippen LogP contribution is -2.07. The van der Waals surface area contributed by atoms with E-state index in [0.717, 1.165) is 22.9 Å². The Labute approximate surface area is 189 Å². The second kappa shape index (κ2) is 10.3. The number of hydrogen-bond acceptors (Lipinski definition) is 8. The van der Waals surface area contributed by atoms with Crippen molar-refractivity contribution in [3.05, 3.63) is 70.2 Å². The quantitative estimate of drug-likeness (QED) is 0.209. The van der Waals surface area contributed by atoms with Gasteiger partial charge in [-0.3, -0.25) is 0 Å². The number of oxime groups is 1. The van der Waals surface area contributed by atoms with E-state index in [1.165, 1.54) is 14.2 Å². The van der Waals surface area contributed by atoms with Gasteiger partial charge in [0.15, 0.2) is 5.16 Å². The van der Waals surface area contributed by atoms with E-state index in [1.807, 2.05) is 31.2 Å². The molecule has 0 aliphatic rings. The molecule has 0 N–H and O–H groups in total. The van der Waals surface area contributed by atoms with Gasteiger partial charge in [0.05, 0.1) is 36.6 Å². The summed E-state index contributed by atoms with van der Waals surface area (Å²) in [7, 11) is 2.99. The number of carbonyl (C=O) groups excluding carboxylic acids is 1. The van der Waals surface area contributed by atoms with Gasteiger partial charge in [0.2, 0.25) is 11.8 Å². The Kier molecular flexibility index (Phi) is 7.49. The van der Waals surface area contributed by atoms with E-state index < -0.39 is 5.97 Å². The van der Waals surface area contributed by atoms with Gasteiger partial charge in [-0.2, -0.15) is 9.97 Å². The van der Waals surface area contributed by atoms with Gasteiger partial charge < -0.3 is 14.3 Å². The number of carbonyl (C=O) groups is 1. The van der Waals surface area contributed by atoms with Crippen molar-refractivity contribution < 1.29 is 19.1 Å². The van der Waals surface area contributed by atoms with Gasteiger partial charge in [-0.15, -0.1) is 0 Å². The molecule has 0 saturated carbocycles. The van der Waals surface area contributed by atoms with E-state index in [9.17, 15) is 4.79 Å². The van der Waals surface area contributed by atoms with Crippen LogP contribution in [0.4, 0.5) is 0 Å². The molecule has 1 heterocycles. The molecule has 31 heavy (non-hydrogen) atoms. The maximum absolute atomic E-state index is 12.8. The third-order valence-corrected chi connectivity index (χ3v) is 5.50. The van der Waals surface area contributed by atoms with Crippen LogP contribution >= 0.6 is 23.4 Å². The van der Waals surface area contributed by atoms with E-state index >= 15 is 0 Å². The molecule has 0 saturated heterocycles. The summed E-state index contributed by atoms with van der Waals surface area (Å²) in [5.74, 6) is -0.0196. The number of halogens is 1. The van der Waals surface area contributed by atoms with Gasteiger partial charge in [0.1, 0.15) is 0 Å². The Morgan fingerprint density at radius 1 is 1.03 bits per heavy atom. The van der Waals surface area contributed by atoms with Crippen molar-refractivity contribution in [2.24, 2.45) is 5.16 Å². The molecule has 3 aromatic rings. The van der Waals surface area contributed by atoms with Gasteiger partial charge in [-0.05, 0) is 43.3 Å². The predicted molar refractivity (Wildman–Crippen MR) is 120 cm³/mol. The third-order valence-electron chi connectivity index (χ3n) is 4.26. The number of rotatable bonds is 7. The highest BCUT2D eigenvalue weighted by Crippen LogP contribution is 2.34. The van der Waals surface area contributed by atoms with Crippen LogP contribution < -0.4 is 9.47 Å². The van der Waals surface area contributed by atoms with Gasteiger partial charge in [-0.1, -0.05) is 47.1 Å². The SMILES string of the molecule is COc1cc(OC)nc(Sc2cccc(Cl)c2C(=O)O/N=C(\C)c2ccccc2C)n1. The van der Waals surface area contributed by atoms with Crippen molar-refractivity contribution in [3.63, 3.8) is 0 Å². The standard InChI is InChI=1S/C22H20ClN3O4S/c1-13-8-5-6-9-15(13)14(2)26-30-21(27)20-16(23)10-7-11-17(20)31-22-24-18(28-3)12-19(25-22)29-4/h5-12H,1-4H3/b26-14+. The Bertz CT molecular complexity index is 1120. The van der Waals surface area contributed by atoms with Crippen LogP contribution in [0.15, 0.2) is 63.7 Å². The average molecular weight is 458 g/mol. The Hall–Kier alpha value is -3.10. The fraction of sp³-hybridized carbons (Fsp3) is 0.182. The highest BCUT2D eigenvalue weighted by Gasteiger charge is 2.20. The van der Waals surface area contributed by atoms with Gasteiger partial charge in [0, 0.05) is 10.5 Å². The van der Waals surface area contributed by atoms with Crippen LogP contribution in [0, 0.1) is 6.92 Å². The molecule has 0 radical (unpaired) electrons. The lowest BCUT2D eigenvalue weighted by Gasteiger charge is -2.10. The van der Waals surface area contributed by atoms with Crippen molar-refractivity contribution in [3.8, 4) is 11.8 Å². The molecule has 0 spiro atoms. The minimum atomic E-state index is -0.684. The second-order valence-electron chi connectivity index (χ2n) is 6.32. The number of hydrogen-bond donors (Lipinski definition) is 0. The molecular weight excluding hydrogens is 438 g/mol. The fourth-order valence-corrected chi connectivity index (χ4v) is 3.93. The lowest BCUT2D eigenvalue weighted by molar-refractivity contribution is 0.0512. The van der Waals surface area contributed by atoms with Crippen LogP contribution in [0.1, 0.15) is 28.4 Å². The zero-order valence-corrected chi connectivity index (χ0v) is 19.0. The minimum Gasteiger partial charge on any atom is -0.481 e.